The van der Waals surface area contributed by atoms with Crippen molar-refractivity contribution in [2.75, 3.05) is 9.80 Å². The van der Waals surface area contributed by atoms with E-state index in [4.69, 9.17) is 4.98 Å². The van der Waals surface area contributed by atoms with Crippen LogP contribution < -0.4 is 9.80 Å². The van der Waals surface area contributed by atoms with E-state index in [9.17, 15) is 0 Å². The molecule has 4 heteroatoms. The topological polar surface area (TPSA) is 32.3 Å². The molecule has 0 unspecified atom stereocenters. The standard InChI is InChI=1S/C47H32N4/c1-2-14-36(15-3-1)50-43-21-8-4-16-38(43)47(39-17-5-9-22-44(39)50)40-18-6-10-23-45(40)51(46-24-11-7-19-41(46)47)37-31-34(33-25-28-48-29-26-33)30-35(32-37)42-20-12-13-27-49-42/h1-32H. The number of hydrogen-bond acceptors (Lipinski definition) is 4. The molecule has 2 aromatic heterocycles. The van der Waals surface area contributed by atoms with Gasteiger partial charge in [0.15, 0.2) is 0 Å². The molecule has 0 amide bonds. The Morgan fingerprint density at radius 1 is 0.353 bits per heavy atom. The summed E-state index contributed by atoms with van der Waals surface area (Å²) in [6.45, 7) is 0. The van der Waals surface area contributed by atoms with Gasteiger partial charge in [0.1, 0.15) is 0 Å². The van der Waals surface area contributed by atoms with Crippen molar-refractivity contribution in [3.05, 3.63) is 217 Å². The Morgan fingerprint density at radius 2 is 0.824 bits per heavy atom. The zero-order valence-corrected chi connectivity index (χ0v) is 27.8. The van der Waals surface area contributed by atoms with Gasteiger partial charge in [-0.2, -0.15) is 0 Å². The first-order chi connectivity index (χ1) is 25.3. The Labute approximate surface area is 297 Å². The van der Waals surface area contributed by atoms with Crippen LogP contribution in [0, 0.1) is 0 Å². The van der Waals surface area contributed by atoms with E-state index in [0.717, 1.165) is 45.1 Å². The third-order valence-corrected chi connectivity index (χ3v) is 10.4. The Bertz CT molecular complexity index is 2390. The van der Waals surface area contributed by atoms with Crippen LogP contribution >= 0.6 is 0 Å². The first kappa shape index (κ1) is 29.2. The van der Waals surface area contributed by atoms with Crippen LogP contribution in [-0.2, 0) is 5.41 Å². The van der Waals surface area contributed by atoms with Gasteiger partial charge in [-0.05, 0) is 112 Å². The molecule has 2 aliphatic heterocycles. The third kappa shape index (κ3) is 4.40. The monoisotopic (exact) mass is 652 g/mol. The van der Waals surface area contributed by atoms with Gasteiger partial charge in [0.25, 0.3) is 0 Å². The maximum absolute atomic E-state index is 4.77. The molecule has 4 heterocycles. The first-order valence-corrected chi connectivity index (χ1v) is 17.3. The largest absolute Gasteiger partial charge is 0.310 e. The second-order valence-corrected chi connectivity index (χ2v) is 13.0. The number of aromatic nitrogens is 2. The van der Waals surface area contributed by atoms with Gasteiger partial charge < -0.3 is 9.80 Å². The van der Waals surface area contributed by atoms with Crippen LogP contribution in [0.4, 0.5) is 34.1 Å². The summed E-state index contributed by atoms with van der Waals surface area (Å²) in [6.07, 6.45) is 5.57. The Morgan fingerprint density at radius 3 is 1.35 bits per heavy atom. The van der Waals surface area contributed by atoms with Gasteiger partial charge in [-0.3, -0.25) is 9.97 Å². The smallest absolute Gasteiger partial charge is 0.0782 e. The van der Waals surface area contributed by atoms with E-state index >= 15 is 0 Å². The van der Waals surface area contributed by atoms with Crippen LogP contribution in [0.15, 0.2) is 195 Å². The fraction of sp³-hybridized carbons (Fsp3) is 0.0213. The summed E-state index contributed by atoms with van der Waals surface area (Å²) in [7, 11) is 0. The molecule has 0 saturated heterocycles. The molecular weight excluding hydrogens is 621 g/mol. The molecule has 2 aliphatic rings. The predicted molar refractivity (Wildman–Crippen MR) is 208 cm³/mol. The second kappa shape index (κ2) is 11.7. The van der Waals surface area contributed by atoms with E-state index in [2.05, 4.69) is 179 Å². The van der Waals surface area contributed by atoms with Crippen molar-refractivity contribution in [1.29, 1.82) is 0 Å². The molecule has 4 nitrogen and oxygen atoms in total. The highest BCUT2D eigenvalue weighted by molar-refractivity contribution is 5.97. The van der Waals surface area contributed by atoms with E-state index in [1.54, 1.807) is 0 Å². The number of nitrogens with zero attached hydrogens (tertiary/aromatic N) is 4. The third-order valence-electron chi connectivity index (χ3n) is 10.4. The normalized spacial score (nSPS) is 13.6. The first-order valence-electron chi connectivity index (χ1n) is 17.3. The summed E-state index contributed by atoms with van der Waals surface area (Å²) >= 11 is 0. The lowest BCUT2D eigenvalue weighted by molar-refractivity contribution is 0.719. The minimum atomic E-state index is -0.575. The molecule has 1 spiro atoms. The van der Waals surface area contributed by atoms with Gasteiger partial charge in [-0.15, -0.1) is 0 Å². The van der Waals surface area contributed by atoms with Crippen LogP contribution in [0.3, 0.4) is 0 Å². The van der Waals surface area contributed by atoms with Crippen LogP contribution in [0.1, 0.15) is 22.3 Å². The summed E-state index contributed by atoms with van der Waals surface area (Å²) in [4.78, 5) is 13.9. The lowest BCUT2D eigenvalue weighted by atomic mass is 9.60. The number of rotatable bonds is 4. The van der Waals surface area contributed by atoms with Crippen molar-refractivity contribution in [2.24, 2.45) is 0 Å². The quantitative estimate of drug-likeness (QED) is 0.189. The van der Waals surface area contributed by atoms with Crippen molar-refractivity contribution >= 4 is 34.1 Å². The predicted octanol–water partition coefficient (Wildman–Crippen LogP) is 11.8. The lowest BCUT2D eigenvalue weighted by Crippen LogP contribution is -2.41. The average molecular weight is 653 g/mol. The summed E-state index contributed by atoms with van der Waals surface area (Å²) in [5, 5.41) is 0. The molecule has 10 rings (SSSR count). The van der Waals surface area contributed by atoms with Gasteiger partial charge in [0.2, 0.25) is 0 Å². The van der Waals surface area contributed by atoms with E-state index < -0.39 is 5.41 Å². The van der Waals surface area contributed by atoms with Crippen LogP contribution in [0.5, 0.6) is 0 Å². The highest BCUT2D eigenvalue weighted by Crippen LogP contribution is 2.64. The lowest BCUT2D eigenvalue weighted by Gasteiger charge is -2.51. The van der Waals surface area contributed by atoms with Gasteiger partial charge in [-0.1, -0.05) is 97.1 Å². The summed E-state index contributed by atoms with van der Waals surface area (Å²) in [6, 6.07) is 63.6. The molecule has 8 aromatic rings. The maximum Gasteiger partial charge on any atom is 0.0782 e. The van der Waals surface area contributed by atoms with E-state index in [0.29, 0.717) is 0 Å². The Kier molecular flexibility index (Phi) is 6.68. The van der Waals surface area contributed by atoms with Crippen molar-refractivity contribution < 1.29 is 0 Å². The molecule has 6 aromatic carbocycles. The van der Waals surface area contributed by atoms with Crippen molar-refractivity contribution in [2.45, 2.75) is 5.41 Å². The molecule has 0 atom stereocenters. The van der Waals surface area contributed by atoms with E-state index in [1.165, 1.54) is 33.6 Å². The number of para-hydroxylation sites is 5. The summed E-state index contributed by atoms with van der Waals surface area (Å²) in [5.41, 5.74) is 15.5. The zero-order chi connectivity index (χ0) is 33.8. The number of fused-ring (bicyclic) bond motifs is 8. The number of hydrogen-bond donors (Lipinski definition) is 0. The van der Waals surface area contributed by atoms with Crippen molar-refractivity contribution in [3.63, 3.8) is 0 Å². The van der Waals surface area contributed by atoms with Crippen LogP contribution in [-0.4, -0.2) is 9.97 Å². The molecule has 0 aliphatic carbocycles. The molecular formula is C47H32N4. The number of anilines is 6. The van der Waals surface area contributed by atoms with Gasteiger partial charge in [0, 0.05) is 35.5 Å². The molecule has 0 fully saturated rings. The highest BCUT2D eigenvalue weighted by atomic mass is 15.2. The SMILES string of the molecule is c1ccc(N2c3ccccc3C3(c4ccccc42)c2ccccc2N(c2cc(-c4ccncc4)cc(-c4ccccn4)c2)c2ccccc23)cc1. The highest BCUT2D eigenvalue weighted by Gasteiger charge is 2.51. The minimum absolute atomic E-state index is 0.575. The molecule has 0 radical (unpaired) electrons. The molecule has 0 N–H and O–H groups in total. The second-order valence-electron chi connectivity index (χ2n) is 13.0. The minimum Gasteiger partial charge on any atom is -0.310 e. The fourth-order valence-corrected chi connectivity index (χ4v) is 8.34. The molecule has 0 saturated carbocycles. The molecule has 240 valence electrons. The summed E-state index contributed by atoms with van der Waals surface area (Å²) in [5.74, 6) is 0. The Balaban J connectivity index is 1.28. The van der Waals surface area contributed by atoms with Gasteiger partial charge in [-0.25, -0.2) is 0 Å². The zero-order valence-electron chi connectivity index (χ0n) is 27.8. The molecule has 51 heavy (non-hydrogen) atoms. The maximum atomic E-state index is 4.77. The van der Waals surface area contributed by atoms with Crippen molar-refractivity contribution in [3.8, 4) is 22.4 Å². The average Bonchev–Trinajstić information content (AvgIpc) is 3.21. The van der Waals surface area contributed by atoms with Crippen LogP contribution in [0.2, 0.25) is 0 Å². The number of pyridine rings is 2. The van der Waals surface area contributed by atoms with Crippen LogP contribution in [0.25, 0.3) is 22.4 Å². The molecule has 0 bridgehead atoms. The van der Waals surface area contributed by atoms with E-state index in [1.807, 2.05) is 30.7 Å². The van der Waals surface area contributed by atoms with Crippen molar-refractivity contribution in [1.82, 2.24) is 9.97 Å². The Hall–Kier alpha value is -6.78. The van der Waals surface area contributed by atoms with E-state index in [-0.39, 0.29) is 0 Å². The summed E-state index contributed by atoms with van der Waals surface area (Å²) < 4.78 is 0. The fourth-order valence-electron chi connectivity index (χ4n) is 8.34. The van der Waals surface area contributed by atoms with Gasteiger partial charge >= 0.3 is 0 Å². The number of benzene rings is 6. The van der Waals surface area contributed by atoms with Gasteiger partial charge in [0.05, 0.1) is 33.9 Å².